The van der Waals surface area contributed by atoms with Gasteiger partial charge in [-0.25, -0.2) is 13.6 Å². The van der Waals surface area contributed by atoms with Gasteiger partial charge in [-0.3, -0.25) is 4.79 Å². The SMILES string of the molecule is Cn1cc(S(N)(=O)=O)cc1C(=O)NC(CCO)C(C)(C)C. The van der Waals surface area contributed by atoms with E-state index < -0.39 is 15.9 Å². The predicted octanol–water partition coefficient (Wildman–Crippen LogP) is 0.199. The van der Waals surface area contributed by atoms with Crippen molar-refractivity contribution in [2.45, 2.75) is 38.1 Å². The van der Waals surface area contributed by atoms with Gasteiger partial charge in [0, 0.05) is 25.9 Å². The molecular weight excluding hydrogens is 294 g/mol. The number of carbonyl (C=O) groups is 1. The van der Waals surface area contributed by atoms with Gasteiger partial charge in [0.25, 0.3) is 5.91 Å². The van der Waals surface area contributed by atoms with Crippen LogP contribution >= 0.6 is 0 Å². The first kappa shape index (κ1) is 17.7. The monoisotopic (exact) mass is 317 g/mol. The van der Waals surface area contributed by atoms with Gasteiger partial charge in [0.2, 0.25) is 10.0 Å². The molecule has 8 heteroatoms. The molecule has 7 nitrogen and oxygen atoms in total. The number of aryl methyl sites for hydroxylation is 1. The van der Waals surface area contributed by atoms with E-state index in [1.807, 2.05) is 20.8 Å². The van der Waals surface area contributed by atoms with Crippen LogP contribution in [-0.4, -0.2) is 36.6 Å². The minimum Gasteiger partial charge on any atom is -0.396 e. The molecule has 0 aliphatic heterocycles. The number of hydrogen-bond acceptors (Lipinski definition) is 4. The summed E-state index contributed by atoms with van der Waals surface area (Å²) in [5.74, 6) is -0.402. The fraction of sp³-hybridized carbons (Fsp3) is 0.615. The highest BCUT2D eigenvalue weighted by Crippen LogP contribution is 2.22. The molecule has 0 radical (unpaired) electrons. The third kappa shape index (κ3) is 4.55. The summed E-state index contributed by atoms with van der Waals surface area (Å²) in [7, 11) is -2.27. The Morgan fingerprint density at radius 1 is 1.48 bits per heavy atom. The Kier molecular flexibility index (Phi) is 5.19. The third-order valence-corrected chi connectivity index (χ3v) is 4.19. The van der Waals surface area contributed by atoms with Crippen molar-refractivity contribution in [2.24, 2.45) is 17.6 Å². The van der Waals surface area contributed by atoms with Crippen molar-refractivity contribution in [1.82, 2.24) is 9.88 Å². The Balaban J connectivity index is 3.01. The Morgan fingerprint density at radius 3 is 2.43 bits per heavy atom. The number of hydrogen-bond donors (Lipinski definition) is 3. The van der Waals surface area contributed by atoms with Gasteiger partial charge in [-0.05, 0) is 17.9 Å². The zero-order valence-corrected chi connectivity index (χ0v) is 13.6. The number of aliphatic hydroxyl groups excluding tert-OH is 1. The molecule has 0 fully saturated rings. The van der Waals surface area contributed by atoms with Crippen LogP contribution in [0.1, 0.15) is 37.7 Å². The number of amides is 1. The van der Waals surface area contributed by atoms with Crippen molar-refractivity contribution in [3.8, 4) is 0 Å². The molecule has 0 aliphatic carbocycles. The minimum absolute atomic E-state index is 0.0439. The molecule has 1 rings (SSSR count). The van der Waals surface area contributed by atoms with Gasteiger partial charge >= 0.3 is 0 Å². The van der Waals surface area contributed by atoms with Crippen LogP contribution in [0.5, 0.6) is 0 Å². The van der Waals surface area contributed by atoms with Crippen LogP contribution in [0, 0.1) is 5.41 Å². The first-order valence-electron chi connectivity index (χ1n) is 6.57. The summed E-state index contributed by atoms with van der Waals surface area (Å²) in [6, 6.07) is 1.01. The summed E-state index contributed by atoms with van der Waals surface area (Å²) in [6.07, 6.45) is 1.71. The average Bonchev–Trinajstić information content (AvgIpc) is 2.69. The van der Waals surface area contributed by atoms with Crippen molar-refractivity contribution < 1.29 is 18.3 Å². The average molecular weight is 317 g/mol. The normalized spacial score (nSPS) is 14.0. The van der Waals surface area contributed by atoms with Gasteiger partial charge < -0.3 is 15.0 Å². The molecule has 1 atom stereocenters. The number of carbonyl (C=O) groups excluding carboxylic acids is 1. The van der Waals surface area contributed by atoms with Crippen LogP contribution < -0.4 is 10.5 Å². The van der Waals surface area contributed by atoms with E-state index >= 15 is 0 Å². The van der Waals surface area contributed by atoms with Crippen LogP contribution in [0.4, 0.5) is 0 Å². The number of aliphatic hydroxyl groups is 1. The lowest BCUT2D eigenvalue weighted by Crippen LogP contribution is -2.44. The molecule has 0 aromatic carbocycles. The molecule has 0 aliphatic rings. The highest BCUT2D eigenvalue weighted by atomic mass is 32.2. The van der Waals surface area contributed by atoms with Gasteiger partial charge in [0.1, 0.15) is 10.6 Å². The van der Waals surface area contributed by atoms with E-state index in [0.717, 1.165) is 0 Å². The quantitative estimate of drug-likeness (QED) is 0.719. The van der Waals surface area contributed by atoms with Gasteiger partial charge in [0.05, 0.1) is 0 Å². The summed E-state index contributed by atoms with van der Waals surface area (Å²) < 4.78 is 24.0. The Hall–Kier alpha value is -1.38. The van der Waals surface area contributed by atoms with E-state index in [1.54, 1.807) is 7.05 Å². The lowest BCUT2D eigenvalue weighted by molar-refractivity contribution is 0.0877. The Morgan fingerprint density at radius 2 is 2.05 bits per heavy atom. The van der Waals surface area contributed by atoms with Crippen molar-refractivity contribution in [1.29, 1.82) is 0 Å². The summed E-state index contributed by atoms with van der Waals surface area (Å²) in [4.78, 5) is 12.2. The van der Waals surface area contributed by atoms with Gasteiger partial charge in [-0.2, -0.15) is 0 Å². The fourth-order valence-electron chi connectivity index (χ4n) is 2.00. The summed E-state index contributed by atoms with van der Waals surface area (Å²) in [5.41, 5.74) is -0.0296. The van der Waals surface area contributed by atoms with E-state index in [-0.39, 0.29) is 28.7 Å². The first-order valence-corrected chi connectivity index (χ1v) is 8.12. The second-order valence-corrected chi connectivity index (χ2v) is 7.68. The maximum Gasteiger partial charge on any atom is 0.268 e. The van der Waals surface area contributed by atoms with E-state index in [4.69, 9.17) is 10.2 Å². The molecule has 1 aromatic heterocycles. The molecule has 21 heavy (non-hydrogen) atoms. The predicted molar refractivity (Wildman–Crippen MR) is 79.2 cm³/mol. The van der Waals surface area contributed by atoms with Gasteiger partial charge in [0.15, 0.2) is 0 Å². The molecule has 1 heterocycles. The van der Waals surface area contributed by atoms with Crippen molar-refractivity contribution >= 4 is 15.9 Å². The molecular formula is C13H23N3O4S. The number of nitrogens with two attached hydrogens (primary N) is 1. The summed E-state index contributed by atoms with van der Waals surface area (Å²) in [5, 5.41) is 17.0. The highest BCUT2D eigenvalue weighted by molar-refractivity contribution is 7.89. The van der Waals surface area contributed by atoms with Crippen LogP contribution in [0.2, 0.25) is 0 Å². The first-order chi connectivity index (χ1) is 9.46. The Bertz CT molecular complexity index is 614. The van der Waals surface area contributed by atoms with Gasteiger partial charge in [-0.1, -0.05) is 20.8 Å². The third-order valence-electron chi connectivity index (χ3n) is 3.31. The van der Waals surface area contributed by atoms with Crippen molar-refractivity contribution in [2.75, 3.05) is 6.61 Å². The van der Waals surface area contributed by atoms with E-state index in [1.165, 1.54) is 16.8 Å². The maximum atomic E-state index is 12.3. The van der Waals surface area contributed by atoms with Crippen molar-refractivity contribution in [3.05, 3.63) is 18.0 Å². The number of primary sulfonamides is 1. The minimum atomic E-state index is -3.85. The second kappa shape index (κ2) is 6.17. The van der Waals surface area contributed by atoms with Crippen LogP contribution in [0.15, 0.2) is 17.2 Å². The second-order valence-electron chi connectivity index (χ2n) is 6.12. The lowest BCUT2D eigenvalue weighted by atomic mass is 9.85. The molecule has 0 saturated heterocycles. The largest absolute Gasteiger partial charge is 0.396 e. The van der Waals surface area contributed by atoms with E-state index in [0.29, 0.717) is 6.42 Å². The number of aromatic nitrogens is 1. The fourth-order valence-corrected chi connectivity index (χ4v) is 2.58. The number of nitrogens with one attached hydrogen (secondary N) is 1. The molecule has 0 spiro atoms. The zero-order chi connectivity index (χ0) is 16.4. The molecule has 120 valence electrons. The standard InChI is InChI=1S/C13H23N3O4S/c1-13(2,3)11(5-6-17)15-12(18)10-7-9(8-16(10)4)21(14,19)20/h7-8,11,17H,5-6H2,1-4H3,(H,15,18)(H2,14,19,20). The smallest absolute Gasteiger partial charge is 0.268 e. The molecule has 0 saturated carbocycles. The maximum absolute atomic E-state index is 12.3. The molecule has 1 amide bonds. The lowest BCUT2D eigenvalue weighted by Gasteiger charge is -2.31. The molecule has 1 unspecified atom stereocenters. The van der Waals surface area contributed by atoms with Crippen LogP contribution in [0.25, 0.3) is 0 Å². The van der Waals surface area contributed by atoms with Gasteiger partial charge in [-0.15, -0.1) is 0 Å². The Labute approximate surface area is 125 Å². The highest BCUT2D eigenvalue weighted by Gasteiger charge is 2.27. The molecule has 4 N–H and O–H groups in total. The molecule has 1 aromatic rings. The topological polar surface area (TPSA) is 114 Å². The van der Waals surface area contributed by atoms with Crippen LogP contribution in [-0.2, 0) is 17.1 Å². The zero-order valence-electron chi connectivity index (χ0n) is 12.8. The van der Waals surface area contributed by atoms with E-state index in [9.17, 15) is 13.2 Å². The number of rotatable bonds is 5. The van der Waals surface area contributed by atoms with Crippen molar-refractivity contribution in [3.63, 3.8) is 0 Å². The number of nitrogens with zero attached hydrogens (tertiary/aromatic N) is 1. The van der Waals surface area contributed by atoms with Crippen LogP contribution in [0.3, 0.4) is 0 Å². The number of sulfonamides is 1. The summed E-state index contributed by atoms with van der Waals surface area (Å²) in [6.45, 7) is 5.81. The summed E-state index contributed by atoms with van der Waals surface area (Å²) >= 11 is 0. The molecule has 0 bridgehead atoms. The van der Waals surface area contributed by atoms with E-state index in [2.05, 4.69) is 5.32 Å².